The molecule has 1 amide bonds. The van der Waals surface area contributed by atoms with Crippen LogP contribution in [0.4, 0.5) is 0 Å². The summed E-state index contributed by atoms with van der Waals surface area (Å²) in [6.07, 6.45) is 1.28. The maximum atomic E-state index is 11.9. The predicted molar refractivity (Wildman–Crippen MR) is 84.3 cm³/mol. The molecule has 2 aromatic carbocycles. The minimum Gasteiger partial charge on any atom is -0.497 e. The molecule has 2 aromatic rings. The molecule has 0 aliphatic heterocycles. The lowest BCUT2D eigenvalue weighted by Gasteiger charge is -2.07. The largest absolute Gasteiger partial charge is 0.497 e. The van der Waals surface area contributed by atoms with Gasteiger partial charge in [-0.25, -0.2) is 0 Å². The third-order valence-electron chi connectivity index (χ3n) is 3.35. The van der Waals surface area contributed by atoms with Gasteiger partial charge in [0, 0.05) is 13.0 Å². The van der Waals surface area contributed by atoms with Crippen molar-refractivity contribution in [2.45, 2.75) is 26.3 Å². The Morgan fingerprint density at radius 3 is 2.62 bits per heavy atom. The van der Waals surface area contributed by atoms with E-state index in [1.54, 1.807) is 7.11 Å². The van der Waals surface area contributed by atoms with E-state index in [4.69, 9.17) is 4.74 Å². The summed E-state index contributed by atoms with van der Waals surface area (Å²) in [5.41, 5.74) is 3.47. The van der Waals surface area contributed by atoms with Gasteiger partial charge in [0.2, 0.25) is 5.91 Å². The highest BCUT2D eigenvalue weighted by Gasteiger charge is 2.03. The molecule has 0 saturated heterocycles. The van der Waals surface area contributed by atoms with Crippen LogP contribution in [-0.2, 0) is 17.8 Å². The van der Waals surface area contributed by atoms with Crippen LogP contribution in [-0.4, -0.2) is 13.0 Å². The number of carbonyl (C=O) groups excluding carboxylic acids is 1. The number of carbonyl (C=O) groups is 1. The number of benzene rings is 2. The summed E-state index contributed by atoms with van der Waals surface area (Å²) in [7, 11) is 1.64. The number of rotatable bonds is 6. The quantitative estimate of drug-likeness (QED) is 0.883. The van der Waals surface area contributed by atoms with Crippen LogP contribution in [0, 0.1) is 6.92 Å². The Hall–Kier alpha value is -2.29. The molecule has 0 atom stereocenters. The van der Waals surface area contributed by atoms with Gasteiger partial charge in [0.1, 0.15) is 5.75 Å². The summed E-state index contributed by atoms with van der Waals surface area (Å²) in [6.45, 7) is 2.59. The molecule has 110 valence electrons. The number of nitrogens with one attached hydrogen (secondary N) is 1. The Morgan fingerprint density at radius 2 is 1.86 bits per heavy atom. The highest BCUT2D eigenvalue weighted by Crippen LogP contribution is 2.12. The van der Waals surface area contributed by atoms with Gasteiger partial charge < -0.3 is 10.1 Å². The number of aryl methyl sites for hydroxylation is 2. The predicted octanol–water partition coefficient (Wildman–Crippen LogP) is 3.25. The average molecular weight is 283 g/mol. The van der Waals surface area contributed by atoms with E-state index in [2.05, 4.69) is 30.4 Å². The van der Waals surface area contributed by atoms with Crippen molar-refractivity contribution in [3.8, 4) is 5.75 Å². The minimum absolute atomic E-state index is 0.0688. The molecule has 3 nitrogen and oxygen atoms in total. The van der Waals surface area contributed by atoms with Crippen LogP contribution < -0.4 is 10.1 Å². The lowest BCUT2D eigenvalue weighted by atomic mass is 10.1. The monoisotopic (exact) mass is 283 g/mol. The van der Waals surface area contributed by atoms with Crippen LogP contribution in [0.2, 0.25) is 0 Å². The van der Waals surface area contributed by atoms with Crippen LogP contribution in [0.5, 0.6) is 5.75 Å². The summed E-state index contributed by atoms with van der Waals surface area (Å²) in [4.78, 5) is 11.9. The fourth-order valence-corrected chi connectivity index (χ4v) is 2.20. The molecule has 0 bridgehead atoms. The van der Waals surface area contributed by atoms with Crippen molar-refractivity contribution in [2.75, 3.05) is 7.11 Å². The highest BCUT2D eigenvalue weighted by molar-refractivity contribution is 5.76. The highest BCUT2D eigenvalue weighted by atomic mass is 16.5. The van der Waals surface area contributed by atoms with E-state index in [-0.39, 0.29) is 5.91 Å². The Balaban J connectivity index is 1.79. The molecule has 0 spiro atoms. The van der Waals surface area contributed by atoms with Crippen LogP contribution in [0.3, 0.4) is 0 Å². The molecule has 0 aromatic heterocycles. The van der Waals surface area contributed by atoms with Crippen molar-refractivity contribution in [3.63, 3.8) is 0 Å². The molecular weight excluding hydrogens is 262 g/mol. The second-order valence-corrected chi connectivity index (χ2v) is 5.12. The van der Waals surface area contributed by atoms with Crippen molar-refractivity contribution in [1.82, 2.24) is 5.32 Å². The lowest BCUT2D eigenvalue weighted by molar-refractivity contribution is -0.121. The first-order valence-electron chi connectivity index (χ1n) is 7.12. The molecule has 21 heavy (non-hydrogen) atoms. The van der Waals surface area contributed by atoms with Crippen LogP contribution in [0.1, 0.15) is 23.1 Å². The molecule has 0 heterocycles. The zero-order chi connectivity index (χ0) is 15.1. The third kappa shape index (κ3) is 4.95. The Labute approximate surface area is 126 Å². The van der Waals surface area contributed by atoms with Gasteiger partial charge in [0.05, 0.1) is 7.11 Å². The fraction of sp³-hybridized carbons (Fsp3) is 0.278. The van der Waals surface area contributed by atoms with Crippen molar-refractivity contribution in [3.05, 3.63) is 65.2 Å². The Kier molecular flexibility index (Phi) is 5.38. The van der Waals surface area contributed by atoms with E-state index >= 15 is 0 Å². The van der Waals surface area contributed by atoms with Crippen molar-refractivity contribution in [1.29, 1.82) is 0 Å². The lowest BCUT2D eigenvalue weighted by Crippen LogP contribution is -2.23. The van der Waals surface area contributed by atoms with Gasteiger partial charge in [-0.15, -0.1) is 0 Å². The Morgan fingerprint density at radius 1 is 1.10 bits per heavy atom. The van der Waals surface area contributed by atoms with Crippen molar-refractivity contribution >= 4 is 5.91 Å². The molecule has 0 saturated carbocycles. The van der Waals surface area contributed by atoms with Crippen molar-refractivity contribution in [2.24, 2.45) is 0 Å². The average Bonchev–Trinajstić information content (AvgIpc) is 2.51. The zero-order valence-corrected chi connectivity index (χ0v) is 12.6. The number of amides is 1. The summed E-state index contributed by atoms with van der Waals surface area (Å²) in [6, 6.07) is 16.0. The molecule has 0 unspecified atom stereocenters. The van der Waals surface area contributed by atoms with Gasteiger partial charge in [-0.05, 0) is 36.6 Å². The van der Waals surface area contributed by atoms with Crippen LogP contribution in [0.25, 0.3) is 0 Å². The summed E-state index contributed by atoms with van der Waals surface area (Å²) in [5.74, 6) is 0.876. The molecular formula is C18H21NO2. The second kappa shape index (κ2) is 7.48. The van der Waals surface area contributed by atoms with Crippen LogP contribution >= 0.6 is 0 Å². The third-order valence-corrected chi connectivity index (χ3v) is 3.35. The van der Waals surface area contributed by atoms with Gasteiger partial charge in [0.15, 0.2) is 0 Å². The second-order valence-electron chi connectivity index (χ2n) is 5.12. The van der Waals surface area contributed by atoms with Gasteiger partial charge in [-0.3, -0.25) is 4.79 Å². The summed E-state index contributed by atoms with van der Waals surface area (Å²) >= 11 is 0. The van der Waals surface area contributed by atoms with Gasteiger partial charge in [-0.1, -0.05) is 42.0 Å². The fourth-order valence-electron chi connectivity index (χ4n) is 2.20. The van der Waals surface area contributed by atoms with Gasteiger partial charge in [-0.2, -0.15) is 0 Å². The normalized spacial score (nSPS) is 10.2. The standard InChI is InChI=1S/C18H21NO2/c1-14-5-3-6-15(11-14)9-10-18(20)19-13-16-7-4-8-17(12-16)21-2/h3-8,11-12H,9-10,13H2,1-2H3,(H,19,20). The number of hydrogen-bond donors (Lipinski definition) is 1. The maximum absolute atomic E-state index is 11.9. The summed E-state index contributed by atoms with van der Waals surface area (Å²) < 4.78 is 5.17. The molecule has 0 fully saturated rings. The van der Waals surface area contributed by atoms with E-state index < -0.39 is 0 Å². The first-order chi connectivity index (χ1) is 10.2. The summed E-state index contributed by atoms with van der Waals surface area (Å²) in [5, 5.41) is 2.94. The molecule has 0 aliphatic carbocycles. The number of hydrogen-bond acceptors (Lipinski definition) is 2. The number of ether oxygens (including phenoxy) is 1. The van der Waals surface area contributed by atoms with Crippen LogP contribution in [0.15, 0.2) is 48.5 Å². The van der Waals surface area contributed by atoms with E-state index in [0.717, 1.165) is 17.7 Å². The molecule has 2 rings (SSSR count). The SMILES string of the molecule is COc1cccc(CNC(=O)CCc2cccc(C)c2)c1. The molecule has 1 N–H and O–H groups in total. The molecule has 3 heteroatoms. The smallest absolute Gasteiger partial charge is 0.220 e. The van der Waals surface area contributed by atoms with E-state index in [1.807, 2.05) is 30.3 Å². The Bertz CT molecular complexity index is 608. The minimum atomic E-state index is 0.0688. The first-order valence-corrected chi connectivity index (χ1v) is 7.12. The van der Waals surface area contributed by atoms with Gasteiger partial charge in [0.25, 0.3) is 0 Å². The number of methoxy groups -OCH3 is 1. The molecule has 0 aliphatic rings. The van der Waals surface area contributed by atoms with E-state index in [9.17, 15) is 4.79 Å². The maximum Gasteiger partial charge on any atom is 0.220 e. The first kappa shape index (κ1) is 15.1. The van der Waals surface area contributed by atoms with Gasteiger partial charge >= 0.3 is 0 Å². The van der Waals surface area contributed by atoms with E-state index in [1.165, 1.54) is 11.1 Å². The van der Waals surface area contributed by atoms with Crippen molar-refractivity contribution < 1.29 is 9.53 Å². The topological polar surface area (TPSA) is 38.3 Å². The van der Waals surface area contributed by atoms with E-state index in [0.29, 0.717) is 13.0 Å². The zero-order valence-electron chi connectivity index (χ0n) is 12.6. The molecule has 0 radical (unpaired) electrons.